The summed E-state index contributed by atoms with van der Waals surface area (Å²) in [4.78, 5) is 37.8. The molecule has 0 radical (unpaired) electrons. The van der Waals surface area contributed by atoms with Crippen LogP contribution in [0.25, 0.3) is 0 Å². The van der Waals surface area contributed by atoms with Crippen LogP contribution in [0.3, 0.4) is 0 Å². The van der Waals surface area contributed by atoms with Gasteiger partial charge < -0.3 is 23.7 Å². The number of methoxy groups -OCH3 is 3. The van der Waals surface area contributed by atoms with Gasteiger partial charge in [-0.1, -0.05) is 42.8 Å². The van der Waals surface area contributed by atoms with Gasteiger partial charge in [-0.25, -0.2) is 0 Å². The maximum atomic E-state index is 13.1. The molecule has 0 aliphatic carbocycles. The summed E-state index contributed by atoms with van der Waals surface area (Å²) in [5, 5.41) is -0.0554. The SMILES string of the molecule is CC[C@@H](CC(=O)C(=O)c1ccc(OCc2ccc(OC)cc2)c(OCc2ccc(OC)cc2)c1Cl)C(=O)OC. The highest BCUT2D eigenvalue weighted by atomic mass is 35.5. The van der Waals surface area contributed by atoms with Crippen molar-refractivity contribution in [2.24, 2.45) is 5.92 Å². The van der Waals surface area contributed by atoms with Gasteiger partial charge in [0.2, 0.25) is 11.6 Å². The summed E-state index contributed by atoms with van der Waals surface area (Å²) in [7, 11) is 4.41. The summed E-state index contributed by atoms with van der Waals surface area (Å²) in [6.07, 6.45) is 0.0733. The Morgan fingerprint density at radius 2 is 1.31 bits per heavy atom. The van der Waals surface area contributed by atoms with Crippen molar-refractivity contribution in [2.75, 3.05) is 21.3 Å². The lowest BCUT2D eigenvalue weighted by Crippen LogP contribution is -2.24. The highest BCUT2D eigenvalue weighted by Gasteiger charge is 2.28. The molecule has 0 aromatic heterocycles. The molecule has 0 amide bonds. The van der Waals surface area contributed by atoms with E-state index >= 15 is 0 Å². The van der Waals surface area contributed by atoms with Crippen LogP contribution in [-0.2, 0) is 27.5 Å². The van der Waals surface area contributed by atoms with Gasteiger partial charge in [0.25, 0.3) is 0 Å². The first kappa shape index (κ1) is 29.5. The van der Waals surface area contributed by atoms with Crippen molar-refractivity contribution < 1.29 is 38.1 Å². The highest BCUT2D eigenvalue weighted by molar-refractivity contribution is 6.48. The third kappa shape index (κ3) is 7.74. The van der Waals surface area contributed by atoms with Gasteiger partial charge in [0.15, 0.2) is 11.5 Å². The lowest BCUT2D eigenvalue weighted by atomic mass is 9.95. The van der Waals surface area contributed by atoms with E-state index in [1.165, 1.54) is 19.2 Å². The number of ether oxygens (including phenoxy) is 5. The predicted molar refractivity (Wildman–Crippen MR) is 146 cm³/mol. The maximum Gasteiger partial charge on any atom is 0.309 e. The van der Waals surface area contributed by atoms with Gasteiger partial charge in [-0.3, -0.25) is 14.4 Å². The van der Waals surface area contributed by atoms with Crippen molar-refractivity contribution in [3.05, 3.63) is 82.4 Å². The van der Waals surface area contributed by atoms with Gasteiger partial charge in [-0.2, -0.15) is 0 Å². The van der Waals surface area contributed by atoms with Crippen LogP contribution in [0.2, 0.25) is 5.02 Å². The van der Waals surface area contributed by atoms with E-state index < -0.39 is 23.5 Å². The molecule has 0 unspecified atom stereocenters. The fraction of sp³-hybridized carbons (Fsp3) is 0.300. The number of esters is 1. The normalized spacial score (nSPS) is 11.3. The maximum absolute atomic E-state index is 13.1. The van der Waals surface area contributed by atoms with Gasteiger partial charge in [0, 0.05) is 12.0 Å². The van der Waals surface area contributed by atoms with Crippen LogP contribution < -0.4 is 18.9 Å². The zero-order valence-electron chi connectivity index (χ0n) is 22.3. The van der Waals surface area contributed by atoms with Crippen molar-refractivity contribution in [1.29, 1.82) is 0 Å². The second kappa shape index (κ2) is 14.2. The van der Waals surface area contributed by atoms with Gasteiger partial charge in [0.1, 0.15) is 24.7 Å². The fourth-order valence-electron chi connectivity index (χ4n) is 3.75. The minimum absolute atomic E-state index is 0.0390. The standard InChI is InChI=1S/C30H31ClO8/c1-5-21(30(34)37-4)16-25(32)28(33)24-14-15-26(38-17-19-6-10-22(35-2)11-7-19)29(27(24)31)39-18-20-8-12-23(36-3)13-9-20/h6-15,21H,5,16-18H2,1-4H3/t21-/m0/s1. The Morgan fingerprint density at radius 1 is 0.769 bits per heavy atom. The Morgan fingerprint density at radius 3 is 1.79 bits per heavy atom. The minimum atomic E-state index is -0.821. The van der Waals surface area contributed by atoms with Gasteiger partial charge in [0.05, 0.1) is 32.3 Å². The number of carbonyl (C=O) groups excluding carboxylic acids is 3. The number of benzene rings is 3. The van der Waals surface area contributed by atoms with Crippen LogP contribution in [-0.4, -0.2) is 38.9 Å². The Hall–Kier alpha value is -4.04. The predicted octanol–water partition coefficient (Wildman–Crippen LogP) is 5.86. The third-order valence-corrected chi connectivity index (χ3v) is 6.49. The van der Waals surface area contributed by atoms with Gasteiger partial charge in [-0.05, 0) is 53.9 Å². The number of Topliss-reactive ketones (excluding diaryl/α,β-unsaturated/α-hetero) is 2. The number of hydrogen-bond donors (Lipinski definition) is 0. The smallest absolute Gasteiger partial charge is 0.309 e. The molecule has 39 heavy (non-hydrogen) atoms. The first-order valence-corrected chi connectivity index (χ1v) is 12.7. The van der Waals surface area contributed by atoms with Crippen LogP contribution in [0.1, 0.15) is 41.3 Å². The van der Waals surface area contributed by atoms with Crippen molar-refractivity contribution in [1.82, 2.24) is 0 Å². The quantitative estimate of drug-likeness (QED) is 0.139. The molecule has 9 heteroatoms. The average molecular weight is 555 g/mol. The molecule has 0 aliphatic heterocycles. The molecule has 206 valence electrons. The van der Waals surface area contributed by atoms with Crippen LogP contribution in [0.5, 0.6) is 23.0 Å². The van der Waals surface area contributed by atoms with E-state index in [1.54, 1.807) is 33.3 Å². The van der Waals surface area contributed by atoms with Crippen LogP contribution in [0.15, 0.2) is 60.7 Å². The van der Waals surface area contributed by atoms with E-state index in [-0.39, 0.29) is 36.0 Å². The van der Waals surface area contributed by atoms with Crippen molar-refractivity contribution >= 4 is 29.1 Å². The van der Waals surface area contributed by atoms with E-state index in [0.717, 1.165) is 16.9 Å². The molecule has 0 bridgehead atoms. The number of ketones is 2. The number of halogens is 1. The summed E-state index contributed by atoms with van der Waals surface area (Å²) in [6, 6.07) is 17.6. The van der Waals surface area contributed by atoms with E-state index in [1.807, 2.05) is 36.4 Å². The molecular formula is C30H31ClO8. The number of hydrogen-bond acceptors (Lipinski definition) is 8. The molecule has 8 nitrogen and oxygen atoms in total. The van der Waals surface area contributed by atoms with Crippen molar-refractivity contribution in [3.8, 4) is 23.0 Å². The minimum Gasteiger partial charge on any atom is -0.497 e. The second-order valence-corrected chi connectivity index (χ2v) is 8.99. The molecule has 3 aromatic carbocycles. The lowest BCUT2D eigenvalue weighted by Gasteiger charge is -2.17. The summed E-state index contributed by atoms with van der Waals surface area (Å²) < 4.78 is 27.1. The summed E-state index contributed by atoms with van der Waals surface area (Å²) in [5.41, 5.74) is 1.66. The van der Waals surface area contributed by atoms with Crippen LogP contribution in [0.4, 0.5) is 0 Å². The third-order valence-electron chi connectivity index (χ3n) is 6.11. The second-order valence-electron chi connectivity index (χ2n) is 8.61. The largest absolute Gasteiger partial charge is 0.497 e. The number of rotatable bonds is 14. The Bertz CT molecular complexity index is 1290. The molecule has 0 spiro atoms. The molecule has 0 heterocycles. The Labute approximate surface area is 232 Å². The fourth-order valence-corrected chi connectivity index (χ4v) is 4.05. The molecule has 3 aromatic rings. The van der Waals surface area contributed by atoms with Gasteiger partial charge >= 0.3 is 5.97 Å². The first-order valence-electron chi connectivity index (χ1n) is 12.3. The monoisotopic (exact) mass is 554 g/mol. The van der Waals surface area contributed by atoms with E-state index in [2.05, 4.69) is 0 Å². The molecule has 0 N–H and O–H groups in total. The molecule has 0 fully saturated rings. The summed E-state index contributed by atoms with van der Waals surface area (Å²) in [6.45, 7) is 2.06. The van der Waals surface area contributed by atoms with E-state index in [0.29, 0.717) is 17.9 Å². The number of carbonyl (C=O) groups is 3. The summed E-state index contributed by atoms with van der Waals surface area (Å²) in [5.74, 6) is -0.993. The van der Waals surface area contributed by atoms with Crippen molar-refractivity contribution in [2.45, 2.75) is 33.0 Å². The highest BCUT2D eigenvalue weighted by Crippen LogP contribution is 2.39. The molecule has 0 saturated carbocycles. The average Bonchev–Trinajstić information content (AvgIpc) is 2.97. The molecule has 0 saturated heterocycles. The molecule has 1 atom stereocenters. The van der Waals surface area contributed by atoms with Crippen molar-refractivity contribution in [3.63, 3.8) is 0 Å². The Balaban J connectivity index is 1.87. The molecular weight excluding hydrogens is 524 g/mol. The topological polar surface area (TPSA) is 97.4 Å². The molecule has 0 aliphatic rings. The first-order chi connectivity index (χ1) is 18.8. The Kier molecular flexibility index (Phi) is 10.8. The lowest BCUT2D eigenvalue weighted by molar-refractivity contribution is -0.146. The molecule has 3 rings (SSSR count). The van der Waals surface area contributed by atoms with Gasteiger partial charge in [-0.15, -0.1) is 0 Å². The van der Waals surface area contributed by atoms with Crippen LogP contribution >= 0.6 is 11.6 Å². The summed E-state index contributed by atoms with van der Waals surface area (Å²) >= 11 is 6.64. The van der Waals surface area contributed by atoms with Crippen LogP contribution in [0, 0.1) is 5.92 Å². The zero-order chi connectivity index (χ0) is 28.4. The van der Waals surface area contributed by atoms with E-state index in [4.69, 9.17) is 35.3 Å². The zero-order valence-corrected chi connectivity index (χ0v) is 23.1. The van der Waals surface area contributed by atoms with E-state index in [9.17, 15) is 14.4 Å².